The van der Waals surface area contributed by atoms with Crippen molar-refractivity contribution in [1.82, 2.24) is 4.90 Å². The average molecular weight is 297 g/mol. The zero-order chi connectivity index (χ0) is 14.9. The highest BCUT2D eigenvalue weighted by Gasteiger charge is 2.28. The lowest BCUT2D eigenvalue weighted by Gasteiger charge is -2.36. The van der Waals surface area contributed by atoms with E-state index < -0.39 is 9.84 Å². The maximum atomic E-state index is 12.4. The van der Waals surface area contributed by atoms with E-state index in [1.54, 1.807) is 17.0 Å². The summed E-state index contributed by atoms with van der Waals surface area (Å²) >= 11 is 0. The molecule has 0 unspecified atom stereocenters. The first-order chi connectivity index (χ1) is 9.29. The highest BCUT2D eigenvalue weighted by molar-refractivity contribution is 7.90. The van der Waals surface area contributed by atoms with Crippen molar-refractivity contribution in [3.63, 3.8) is 0 Å². The van der Waals surface area contributed by atoms with Crippen LogP contribution in [0.15, 0.2) is 29.2 Å². The summed E-state index contributed by atoms with van der Waals surface area (Å²) in [5, 5.41) is 0. The molecule has 1 amide bonds. The highest BCUT2D eigenvalue weighted by Crippen LogP contribution is 2.17. The van der Waals surface area contributed by atoms with Crippen molar-refractivity contribution in [2.45, 2.75) is 30.9 Å². The molecule has 6 heteroatoms. The van der Waals surface area contributed by atoms with Gasteiger partial charge in [0.15, 0.2) is 9.84 Å². The number of amides is 1. The van der Waals surface area contributed by atoms with Crippen LogP contribution in [0.3, 0.4) is 0 Å². The molecule has 0 radical (unpaired) electrons. The highest BCUT2D eigenvalue weighted by atomic mass is 32.2. The fourth-order valence-corrected chi connectivity index (χ4v) is 2.83. The Morgan fingerprint density at radius 2 is 1.85 bits per heavy atom. The minimum atomic E-state index is -3.23. The van der Waals surface area contributed by atoms with Crippen LogP contribution in [0, 0.1) is 0 Å². The quantitative estimate of drug-likeness (QED) is 0.826. The van der Waals surface area contributed by atoms with Gasteiger partial charge in [0.05, 0.1) is 23.6 Å². The number of ether oxygens (including phenoxy) is 1. The number of carbonyl (C=O) groups is 1. The molecule has 0 N–H and O–H groups in total. The van der Waals surface area contributed by atoms with E-state index in [1.165, 1.54) is 12.1 Å². The topological polar surface area (TPSA) is 63.7 Å². The van der Waals surface area contributed by atoms with Gasteiger partial charge in [-0.25, -0.2) is 8.42 Å². The second kappa shape index (κ2) is 5.54. The molecule has 0 bridgehead atoms. The van der Waals surface area contributed by atoms with E-state index in [1.807, 2.05) is 13.8 Å². The van der Waals surface area contributed by atoms with Gasteiger partial charge < -0.3 is 9.64 Å². The molecule has 1 aliphatic rings. The Labute approximate surface area is 119 Å². The van der Waals surface area contributed by atoms with E-state index in [4.69, 9.17) is 4.74 Å². The largest absolute Gasteiger partial charge is 0.375 e. The minimum absolute atomic E-state index is 0.0189. The summed E-state index contributed by atoms with van der Waals surface area (Å²) in [5.41, 5.74) is 0.498. The van der Waals surface area contributed by atoms with Crippen LogP contribution in [0.4, 0.5) is 0 Å². The Morgan fingerprint density at radius 3 is 2.40 bits per heavy atom. The summed E-state index contributed by atoms with van der Waals surface area (Å²) in [6.07, 6.45) is 1.17. The van der Waals surface area contributed by atoms with Crippen LogP contribution in [-0.2, 0) is 14.6 Å². The molecule has 1 aromatic carbocycles. The summed E-state index contributed by atoms with van der Waals surface area (Å²) < 4.78 is 28.3. The normalized spacial score (nSPS) is 23.6. The molecule has 0 spiro atoms. The molecule has 1 heterocycles. The number of morpholine rings is 1. The SMILES string of the molecule is C[C@@H]1CN(C(=O)c2ccc(S(C)(=O)=O)cc2)[C@H](C)CO1. The fraction of sp³-hybridized carbons (Fsp3) is 0.500. The molecule has 0 aliphatic carbocycles. The molecule has 0 aromatic heterocycles. The van der Waals surface area contributed by atoms with E-state index >= 15 is 0 Å². The van der Waals surface area contributed by atoms with Gasteiger partial charge in [0.2, 0.25) is 0 Å². The third-order valence-electron chi connectivity index (χ3n) is 3.40. The molecule has 20 heavy (non-hydrogen) atoms. The number of hydrogen-bond donors (Lipinski definition) is 0. The maximum Gasteiger partial charge on any atom is 0.254 e. The zero-order valence-corrected chi connectivity index (χ0v) is 12.7. The van der Waals surface area contributed by atoms with Gasteiger partial charge in [0, 0.05) is 18.4 Å². The van der Waals surface area contributed by atoms with Crippen LogP contribution in [-0.4, -0.2) is 50.8 Å². The van der Waals surface area contributed by atoms with Gasteiger partial charge in [-0.2, -0.15) is 0 Å². The smallest absolute Gasteiger partial charge is 0.254 e. The Bertz CT molecular complexity index is 594. The number of benzene rings is 1. The van der Waals surface area contributed by atoms with Crippen molar-refractivity contribution in [2.24, 2.45) is 0 Å². The van der Waals surface area contributed by atoms with Crippen molar-refractivity contribution >= 4 is 15.7 Å². The standard InChI is InChI=1S/C14H19NO4S/c1-10-9-19-11(2)8-15(10)14(16)12-4-6-13(7-5-12)20(3,17)18/h4-7,10-11H,8-9H2,1-3H3/t10-,11-/m1/s1. The first-order valence-electron chi connectivity index (χ1n) is 6.51. The van der Waals surface area contributed by atoms with Crippen molar-refractivity contribution < 1.29 is 17.9 Å². The van der Waals surface area contributed by atoms with Gasteiger partial charge in [-0.15, -0.1) is 0 Å². The first kappa shape index (κ1) is 15.0. The van der Waals surface area contributed by atoms with E-state index in [0.717, 1.165) is 6.26 Å². The van der Waals surface area contributed by atoms with Gasteiger partial charge in [0.1, 0.15) is 0 Å². The average Bonchev–Trinajstić information content (AvgIpc) is 2.40. The molecule has 1 aliphatic heterocycles. The molecular weight excluding hydrogens is 278 g/mol. The number of nitrogens with zero attached hydrogens (tertiary/aromatic N) is 1. The predicted octanol–water partition coefficient (Wildman–Crippen LogP) is 1.34. The van der Waals surface area contributed by atoms with E-state index in [-0.39, 0.29) is 22.9 Å². The van der Waals surface area contributed by atoms with Crippen LogP contribution < -0.4 is 0 Å². The molecule has 0 saturated carbocycles. The number of carbonyl (C=O) groups excluding carboxylic acids is 1. The van der Waals surface area contributed by atoms with Crippen LogP contribution >= 0.6 is 0 Å². The number of rotatable bonds is 2. The van der Waals surface area contributed by atoms with Crippen LogP contribution in [0.5, 0.6) is 0 Å². The number of hydrogen-bond acceptors (Lipinski definition) is 4. The Morgan fingerprint density at radius 1 is 1.25 bits per heavy atom. The molecular formula is C14H19NO4S. The van der Waals surface area contributed by atoms with Crippen LogP contribution in [0.2, 0.25) is 0 Å². The molecule has 2 atom stereocenters. The van der Waals surface area contributed by atoms with Crippen molar-refractivity contribution in [3.8, 4) is 0 Å². The zero-order valence-electron chi connectivity index (χ0n) is 11.9. The van der Waals surface area contributed by atoms with E-state index in [0.29, 0.717) is 18.7 Å². The van der Waals surface area contributed by atoms with E-state index in [2.05, 4.69) is 0 Å². The fourth-order valence-electron chi connectivity index (χ4n) is 2.20. The van der Waals surface area contributed by atoms with Gasteiger partial charge in [-0.3, -0.25) is 4.79 Å². The summed E-state index contributed by atoms with van der Waals surface area (Å²) in [6, 6.07) is 6.08. The molecule has 1 saturated heterocycles. The summed E-state index contributed by atoms with van der Waals surface area (Å²) in [6.45, 7) is 4.94. The summed E-state index contributed by atoms with van der Waals surface area (Å²) in [7, 11) is -3.23. The first-order valence-corrected chi connectivity index (χ1v) is 8.41. The minimum Gasteiger partial charge on any atom is -0.375 e. The van der Waals surface area contributed by atoms with Gasteiger partial charge in [-0.1, -0.05) is 0 Å². The summed E-state index contributed by atoms with van der Waals surface area (Å²) in [5.74, 6) is -0.0901. The Balaban J connectivity index is 2.21. The van der Waals surface area contributed by atoms with Gasteiger partial charge in [-0.05, 0) is 38.1 Å². The van der Waals surface area contributed by atoms with Crippen molar-refractivity contribution in [3.05, 3.63) is 29.8 Å². The third kappa shape index (κ3) is 3.19. The van der Waals surface area contributed by atoms with E-state index in [9.17, 15) is 13.2 Å². The molecule has 1 fully saturated rings. The molecule has 2 rings (SSSR count). The van der Waals surface area contributed by atoms with Crippen molar-refractivity contribution in [2.75, 3.05) is 19.4 Å². The second-order valence-electron chi connectivity index (χ2n) is 5.25. The third-order valence-corrected chi connectivity index (χ3v) is 4.53. The summed E-state index contributed by atoms with van der Waals surface area (Å²) in [4.78, 5) is 14.4. The lowest BCUT2D eigenvalue weighted by Crippen LogP contribution is -2.50. The molecule has 1 aromatic rings. The molecule has 5 nitrogen and oxygen atoms in total. The van der Waals surface area contributed by atoms with Crippen LogP contribution in [0.25, 0.3) is 0 Å². The second-order valence-corrected chi connectivity index (χ2v) is 7.26. The van der Waals surface area contributed by atoms with Crippen molar-refractivity contribution in [1.29, 1.82) is 0 Å². The monoisotopic (exact) mass is 297 g/mol. The maximum absolute atomic E-state index is 12.4. The van der Waals surface area contributed by atoms with Gasteiger partial charge >= 0.3 is 0 Å². The Kier molecular flexibility index (Phi) is 4.15. The lowest BCUT2D eigenvalue weighted by molar-refractivity contribution is -0.0387. The predicted molar refractivity (Wildman–Crippen MR) is 75.5 cm³/mol. The number of sulfone groups is 1. The Hall–Kier alpha value is -1.40. The molecule has 110 valence electrons. The van der Waals surface area contributed by atoms with Gasteiger partial charge in [0.25, 0.3) is 5.91 Å². The lowest BCUT2D eigenvalue weighted by atomic mass is 10.1. The van der Waals surface area contributed by atoms with Crippen LogP contribution in [0.1, 0.15) is 24.2 Å².